The van der Waals surface area contributed by atoms with E-state index >= 15 is 0 Å². The molecule has 0 radical (unpaired) electrons. The summed E-state index contributed by atoms with van der Waals surface area (Å²) in [5.74, 6) is 0.468. The number of H-pyrrole nitrogens is 1. The Hall–Kier alpha value is -2.14. The van der Waals surface area contributed by atoms with E-state index in [1.54, 1.807) is 0 Å². The molecular weight excluding hydrogens is 312 g/mol. The SMILES string of the molecule is NC1(C(=O)N2CCC[C@H](c3[nH]ncc3Cc3ccccc3)C2)CCC1. The molecule has 25 heavy (non-hydrogen) atoms. The molecule has 1 aromatic heterocycles. The Morgan fingerprint density at radius 3 is 2.80 bits per heavy atom. The first-order valence-electron chi connectivity index (χ1n) is 9.30. The maximum Gasteiger partial charge on any atom is 0.242 e. The molecule has 1 saturated carbocycles. The average molecular weight is 338 g/mol. The third-order valence-electron chi connectivity index (χ3n) is 5.78. The predicted octanol–water partition coefficient (Wildman–Crippen LogP) is 2.59. The number of hydrogen-bond acceptors (Lipinski definition) is 3. The second kappa shape index (κ2) is 6.64. The van der Waals surface area contributed by atoms with Crippen LogP contribution in [0.3, 0.4) is 0 Å². The van der Waals surface area contributed by atoms with E-state index in [-0.39, 0.29) is 5.91 Å². The van der Waals surface area contributed by atoms with Gasteiger partial charge in [-0.2, -0.15) is 5.10 Å². The number of hydrogen-bond donors (Lipinski definition) is 2. The molecule has 1 aliphatic carbocycles. The fourth-order valence-corrected chi connectivity index (χ4v) is 4.11. The Labute approximate surface area is 148 Å². The molecule has 2 fully saturated rings. The minimum atomic E-state index is -0.594. The van der Waals surface area contributed by atoms with Gasteiger partial charge in [-0.3, -0.25) is 9.89 Å². The van der Waals surface area contributed by atoms with Gasteiger partial charge in [-0.1, -0.05) is 30.3 Å². The number of nitrogens with zero attached hydrogens (tertiary/aromatic N) is 2. The van der Waals surface area contributed by atoms with Crippen molar-refractivity contribution in [2.24, 2.45) is 5.73 Å². The van der Waals surface area contributed by atoms with Crippen LogP contribution in [0, 0.1) is 0 Å². The van der Waals surface area contributed by atoms with Crippen molar-refractivity contribution in [3.05, 3.63) is 53.3 Å². The molecule has 1 aliphatic heterocycles. The molecule has 5 heteroatoms. The molecular formula is C20H26N4O. The van der Waals surface area contributed by atoms with Gasteiger partial charge in [-0.15, -0.1) is 0 Å². The van der Waals surface area contributed by atoms with E-state index in [0.717, 1.165) is 51.6 Å². The maximum atomic E-state index is 12.8. The summed E-state index contributed by atoms with van der Waals surface area (Å²) in [7, 11) is 0. The van der Waals surface area contributed by atoms with Crippen molar-refractivity contribution in [3.63, 3.8) is 0 Å². The highest BCUT2D eigenvalue weighted by Crippen LogP contribution is 2.34. The number of carbonyl (C=O) groups is 1. The average Bonchev–Trinajstić information content (AvgIpc) is 3.08. The van der Waals surface area contributed by atoms with E-state index in [9.17, 15) is 4.79 Å². The van der Waals surface area contributed by atoms with Crippen LogP contribution in [0.4, 0.5) is 0 Å². The molecule has 5 nitrogen and oxygen atoms in total. The summed E-state index contributed by atoms with van der Waals surface area (Å²) in [6, 6.07) is 10.4. The van der Waals surface area contributed by atoms with Crippen LogP contribution in [0.5, 0.6) is 0 Å². The summed E-state index contributed by atoms with van der Waals surface area (Å²) >= 11 is 0. The summed E-state index contributed by atoms with van der Waals surface area (Å²) in [4.78, 5) is 14.8. The van der Waals surface area contributed by atoms with E-state index in [1.807, 2.05) is 17.2 Å². The van der Waals surface area contributed by atoms with Crippen LogP contribution in [-0.2, 0) is 11.2 Å². The molecule has 0 unspecified atom stereocenters. The minimum absolute atomic E-state index is 0.146. The van der Waals surface area contributed by atoms with Crippen molar-refractivity contribution in [3.8, 4) is 0 Å². The zero-order valence-electron chi connectivity index (χ0n) is 14.6. The quantitative estimate of drug-likeness (QED) is 0.900. The largest absolute Gasteiger partial charge is 0.340 e. The van der Waals surface area contributed by atoms with E-state index in [0.29, 0.717) is 5.92 Å². The standard InChI is InChI=1S/C20H26N4O/c21-20(9-5-10-20)19(25)24-11-4-8-16(14-24)18-17(13-22-23-18)12-15-6-2-1-3-7-15/h1-3,6-7,13,16H,4-5,8-12,14,21H2,(H,22,23)/t16-/m0/s1. The maximum absolute atomic E-state index is 12.8. The molecule has 1 saturated heterocycles. The van der Waals surface area contributed by atoms with E-state index in [2.05, 4.69) is 34.5 Å². The number of aromatic nitrogens is 2. The smallest absolute Gasteiger partial charge is 0.242 e. The number of carbonyl (C=O) groups excluding carboxylic acids is 1. The third kappa shape index (κ3) is 3.21. The molecule has 2 heterocycles. The lowest BCUT2D eigenvalue weighted by Crippen LogP contribution is -2.60. The van der Waals surface area contributed by atoms with Crippen molar-refractivity contribution in [1.82, 2.24) is 15.1 Å². The first-order valence-corrected chi connectivity index (χ1v) is 9.30. The Kier molecular flexibility index (Phi) is 4.34. The third-order valence-corrected chi connectivity index (χ3v) is 5.78. The normalized spacial score (nSPS) is 22.4. The van der Waals surface area contributed by atoms with Crippen LogP contribution in [0.25, 0.3) is 0 Å². The summed E-state index contributed by atoms with van der Waals surface area (Å²) in [6.07, 6.45) is 7.65. The first-order chi connectivity index (χ1) is 12.2. The highest BCUT2D eigenvalue weighted by Gasteiger charge is 2.43. The van der Waals surface area contributed by atoms with Crippen LogP contribution in [0.1, 0.15) is 54.8 Å². The molecule has 0 spiro atoms. The van der Waals surface area contributed by atoms with Crippen LogP contribution in [0.2, 0.25) is 0 Å². The molecule has 1 atom stereocenters. The Balaban J connectivity index is 1.48. The first kappa shape index (κ1) is 16.3. The summed E-state index contributed by atoms with van der Waals surface area (Å²) in [5.41, 5.74) is 9.36. The summed E-state index contributed by atoms with van der Waals surface area (Å²) in [5, 5.41) is 7.49. The molecule has 4 rings (SSSR count). The van der Waals surface area contributed by atoms with E-state index in [4.69, 9.17) is 5.73 Å². The van der Waals surface area contributed by atoms with Gasteiger partial charge >= 0.3 is 0 Å². The van der Waals surface area contributed by atoms with Gasteiger partial charge in [0, 0.05) is 31.1 Å². The number of nitrogens with one attached hydrogen (secondary N) is 1. The van der Waals surface area contributed by atoms with Gasteiger partial charge in [0.2, 0.25) is 5.91 Å². The van der Waals surface area contributed by atoms with Crippen LogP contribution in [-0.4, -0.2) is 39.6 Å². The number of aromatic amines is 1. The fourth-order valence-electron chi connectivity index (χ4n) is 4.11. The molecule has 0 bridgehead atoms. The Bertz CT molecular complexity index is 735. The topological polar surface area (TPSA) is 75.0 Å². The lowest BCUT2D eigenvalue weighted by molar-refractivity contribution is -0.141. The number of benzene rings is 1. The lowest BCUT2D eigenvalue weighted by Gasteiger charge is -2.43. The van der Waals surface area contributed by atoms with Crippen molar-refractivity contribution >= 4 is 5.91 Å². The number of rotatable bonds is 4. The molecule has 2 aromatic rings. The molecule has 132 valence electrons. The minimum Gasteiger partial charge on any atom is -0.340 e. The van der Waals surface area contributed by atoms with Gasteiger partial charge in [0.1, 0.15) is 0 Å². The van der Waals surface area contributed by atoms with Crippen molar-refractivity contribution in [1.29, 1.82) is 0 Å². The van der Waals surface area contributed by atoms with Gasteiger partial charge in [0.15, 0.2) is 0 Å². The number of nitrogens with two attached hydrogens (primary N) is 1. The van der Waals surface area contributed by atoms with Crippen LogP contribution < -0.4 is 5.73 Å². The zero-order chi connectivity index (χ0) is 17.3. The number of amides is 1. The van der Waals surface area contributed by atoms with Crippen molar-refractivity contribution in [2.45, 2.75) is 50.0 Å². The highest BCUT2D eigenvalue weighted by molar-refractivity contribution is 5.87. The van der Waals surface area contributed by atoms with Crippen molar-refractivity contribution in [2.75, 3.05) is 13.1 Å². The van der Waals surface area contributed by atoms with Crippen molar-refractivity contribution < 1.29 is 4.79 Å². The fraction of sp³-hybridized carbons (Fsp3) is 0.500. The second-order valence-corrected chi connectivity index (χ2v) is 7.57. The summed E-state index contributed by atoms with van der Waals surface area (Å²) < 4.78 is 0. The van der Waals surface area contributed by atoms with E-state index < -0.39 is 5.54 Å². The molecule has 1 aromatic carbocycles. The van der Waals surface area contributed by atoms with E-state index in [1.165, 1.54) is 16.8 Å². The molecule has 3 N–H and O–H groups in total. The lowest BCUT2D eigenvalue weighted by atomic mass is 9.76. The van der Waals surface area contributed by atoms with Gasteiger partial charge in [-0.05, 0) is 43.2 Å². The Morgan fingerprint density at radius 2 is 2.08 bits per heavy atom. The van der Waals surface area contributed by atoms with Gasteiger partial charge in [0.05, 0.1) is 11.7 Å². The predicted molar refractivity (Wildman–Crippen MR) is 97.2 cm³/mol. The molecule has 2 aliphatic rings. The second-order valence-electron chi connectivity index (χ2n) is 7.57. The van der Waals surface area contributed by atoms with Crippen LogP contribution in [0.15, 0.2) is 36.5 Å². The highest BCUT2D eigenvalue weighted by atomic mass is 16.2. The molecule has 1 amide bonds. The zero-order valence-corrected chi connectivity index (χ0v) is 14.6. The Morgan fingerprint density at radius 1 is 1.28 bits per heavy atom. The monoisotopic (exact) mass is 338 g/mol. The number of likely N-dealkylation sites (tertiary alicyclic amines) is 1. The van der Waals surface area contributed by atoms with Crippen LogP contribution >= 0.6 is 0 Å². The number of piperidine rings is 1. The summed E-state index contributed by atoms with van der Waals surface area (Å²) in [6.45, 7) is 1.58. The van der Waals surface area contributed by atoms with Gasteiger partial charge < -0.3 is 10.6 Å². The van der Waals surface area contributed by atoms with Gasteiger partial charge in [0.25, 0.3) is 0 Å². The van der Waals surface area contributed by atoms with Gasteiger partial charge in [-0.25, -0.2) is 0 Å².